The van der Waals surface area contributed by atoms with Gasteiger partial charge in [0.15, 0.2) is 0 Å². The standard InChI is InChI=1S/C23H22N4O3S/c1-13-5-6-16(22(28)25-10-9-14(2)12-24)18(11-13)27-23(29)20-19(30-4)8-7-17-21(20)31-15(3)26-17/h5-8,11H,2,9-10H2,1,3-4H3,(H,25,28)(H,27,29). The number of ether oxygens (including phenoxy) is 1. The first kappa shape index (κ1) is 22.0. The number of aromatic nitrogens is 1. The highest BCUT2D eigenvalue weighted by molar-refractivity contribution is 7.19. The third-order valence-corrected chi connectivity index (χ3v) is 5.62. The molecule has 0 aliphatic carbocycles. The average Bonchev–Trinajstić information content (AvgIpc) is 3.12. The number of nitriles is 1. The van der Waals surface area contributed by atoms with Crippen molar-refractivity contribution in [1.29, 1.82) is 5.26 Å². The number of carbonyl (C=O) groups excluding carboxylic acids is 2. The number of aryl methyl sites for hydroxylation is 2. The number of rotatable bonds is 7. The molecule has 2 amide bonds. The molecule has 8 heteroatoms. The molecule has 1 aromatic heterocycles. The lowest BCUT2D eigenvalue weighted by molar-refractivity contribution is 0.0955. The van der Waals surface area contributed by atoms with Crippen LogP contribution in [-0.2, 0) is 0 Å². The van der Waals surface area contributed by atoms with Crippen molar-refractivity contribution in [3.8, 4) is 11.8 Å². The van der Waals surface area contributed by atoms with Crippen LogP contribution in [0.2, 0.25) is 0 Å². The Kier molecular flexibility index (Phi) is 6.68. The summed E-state index contributed by atoms with van der Waals surface area (Å²) in [5, 5.41) is 15.3. The molecule has 0 aliphatic heterocycles. The molecule has 2 N–H and O–H groups in total. The molecular weight excluding hydrogens is 412 g/mol. The molecule has 0 spiro atoms. The lowest BCUT2D eigenvalue weighted by Gasteiger charge is -2.14. The molecule has 0 unspecified atom stereocenters. The van der Waals surface area contributed by atoms with Gasteiger partial charge in [-0.1, -0.05) is 12.6 Å². The van der Waals surface area contributed by atoms with Gasteiger partial charge in [0.2, 0.25) is 0 Å². The van der Waals surface area contributed by atoms with Crippen LogP contribution in [0.1, 0.15) is 37.7 Å². The zero-order valence-corrected chi connectivity index (χ0v) is 18.4. The Morgan fingerprint density at radius 2 is 2.00 bits per heavy atom. The maximum Gasteiger partial charge on any atom is 0.260 e. The topological polar surface area (TPSA) is 104 Å². The molecule has 0 radical (unpaired) electrons. The van der Waals surface area contributed by atoms with E-state index in [-0.39, 0.29) is 18.4 Å². The molecule has 0 saturated carbocycles. The van der Waals surface area contributed by atoms with Crippen molar-refractivity contribution in [2.45, 2.75) is 20.3 Å². The van der Waals surface area contributed by atoms with Crippen LogP contribution in [0.25, 0.3) is 10.2 Å². The van der Waals surface area contributed by atoms with Crippen molar-refractivity contribution in [2.24, 2.45) is 0 Å². The maximum absolute atomic E-state index is 13.3. The van der Waals surface area contributed by atoms with Gasteiger partial charge >= 0.3 is 0 Å². The first-order chi connectivity index (χ1) is 14.8. The highest BCUT2D eigenvalue weighted by Gasteiger charge is 2.21. The zero-order chi connectivity index (χ0) is 22.5. The number of hydrogen-bond acceptors (Lipinski definition) is 6. The van der Waals surface area contributed by atoms with Crippen LogP contribution >= 0.6 is 11.3 Å². The van der Waals surface area contributed by atoms with Crippen LogP contribution in [0.3, 0.4) is 0 Å². The summed E-state index contributed by atoms with van der Waals surface area (Å²) in [5.74, 6) is -0.300. The van der Waals surface area contributed by atoms with Gasteiger partial charge in [-0.15, -0.1) is 11.3 Å². The van der Waals surface area contributed by atoms with Crippen molar-refractivity contribution >= 4 is 39.1 Å². The molecule has 1 heterocycles. The molecule has 158 valence electrons. The Balaban J connectivity index is 1.91. The summed E-state index contributed by atoms with van der Waals surface area (Å²) < 4.78 is 6.14. The number of anilines is 1. The second kappa shape index (κ2) is 9.41. The smallest absolute Gasteiger partial charge is 0.260 e. The third-order valence-electron chi connectivity index (χ3n) is 4.61. The lowest BCUT2D eigenvalue weighted by atomic mass is 10.1. The molecule has 0 bridgehead atoms. The van der Waals surface area contributed by atoms with E-state index in [4.69, 9.17) is 10.00 Å². The molecule has 0 fully saturated rings. The van der Waals surface area contributed by atoms with E-state index in [0.717, 1.165) is 15.3 Å². The minimum atomic E-state index is -0.386. The van der Waals surface area contributed by atoms with E-state index in [1.165, 1.54) is 18.4 Å². The molecule has 3 rings (SSSR count). The number of nitrogens with zero attached hydrogens (tertiary/aromatic N) is 2. The number of carbonyl (C=O) groups is 2. The molecule has 3 aromatic rings. The molecule has 0 atom stereocenters. The second-order valence-electron chi connectivity index (χ2n) is 6.95. The molecule has 2 aromatic carbocycles. The fourth-order valence-electron chi connectivity index (χ4n) is 3.09. The number of thiazole rings is 1. The van der Waals surface area contributed by atoms with E-state index < -0.39 is 0 Å². The van der Waals surface area contributed by atoms with Crippen LogP contribution < -0.4 is 15.4 Å². The lowest BCUT2D eigenvalue weighted by Crippen LogP contribution is -2.26. The van der Waals surface area contributed by atoms with E-state index in [1.807, 2.05) is 26.0 Å². The summed E-state index contributed by atoms with van der Waals surface area (Å²) in [4.78, 5) is 30.4. The Hall–Kier alpha value is -3.70. The van der Waals surface area contributed by atoms with Crippen molar-refractivity contribution in [3.63, 3.8) is 0 Å². The quantitative estimate of drug-likeness (QED) is 0.537. The van der Waals surface area contributed by atoms with E-state index in [1.54, 1.807) is 24.3 Å². The Morgan fingerprint density at radius 1 is 1.23 bits per heavy atom. The normalized spacial score (nSPS) is 10.4. The number of nitrogens with one attached hydrogen (secondary N) is 2. The third kappa shape index (κ3) is 4.90. The minimum absolute atomic E-state index is 0.278. The zero-order valence-electron chi connectivity index (χ0n) is 17.5. The van der Waals surface area contributed by atoms with Gasteiger partial charge in [0.25, 0.3) is 11.8 Å². The summed E-state index contributed by atoms with van der Waals surface area (Å²) >= 11 is 1.41. The Morgan fingerprint density at radius 3 is 2.71 bits per heavy atom. The van der Waals surface area contributed by atoms with Gasteiger partial charge in [-0.2, -0.15) is 5.26 Å². The number of methoxy groups -OCH3 is 1. The number of fused-ring (bicyclic) bond motifs is 1. The fourth-order valence-corrected chi connectivity index (χ4v) is 4.05. The summed E-state index contributed by atoms with van der Waals surface area (Å²) in [6, 6.07) is 10.7. The molecule has 0 aliphatic rings. The molecule has 31 heavy (non-hydrogen) atoms. The Labute approximate surface area is 184 Å². The van der Waals surface area contributed by atoms with Crippen molar-refractivity contribution in [2.75, 3.05) is 19.0 Å². The van der Waals surface area contributed by atoms with Crippen molar-refractivity contribution in [1.82, 2.24) is 10.3 Å². The van der Waals surface area contributed by atoms with Crippen molar-refractivity contribution < 1.29 is 14.3 Å². The largest absolute Gasteiger partial charge is 0.496 e. The van der Waals surface area contributed by atoms with Gasteiger partial charge in [0.05, 0.1) is 39.7 Å². The highest BCUT2D eigenvalue weighted by atomic mass is 32.1. The SMILES string of the molecule is C=C(C#N)CCNC(=O)c1ccc(C)cc1NC(=O)c1c(OC)ccc2nc(C)sc12. The molecule has 0 saturated heterocycles. The average molecular weight is 435 g/mol. The summed E-state index contributed by atoms with van der Waals surface area (Å²) in [7, 11) is 1.51. The van der Waals surface area contributed by atoms with Gasteiger partial charge in [-0.25, -0.2) is 4.98 Å². The van der Waals surface area contributed by atoms with E-state index in [2.05, 4.69) is 22.2 Å². The van der Waals surface area contributed by atoms with E-state index >= 15 is 0 Å². The van der Waals surface area contributed by atoms with Crippen LogP contribution in [0.15, 0.2) is 42.5 Å². The minimum Gasteiger partial charge on any atom is -0.496 e. The van der Waals surface area contributed by atoms with Crippen LogP contribution in [0, 0.1) is 25.2 Å². The van der Waals surface area contributed by atoms with E-state index in [9.17, 15) is 9.59 Å². The number of hydrogen-bond donors (Lipinski definition) is 2. The fraction of sp³-hybridized carbons (Fsp3) is 0.217. The Bertz CT molecular complexity index is 1220. The first-order valence-electron chi connectivity index (χ1n) is 9.56. The maximum atomic E-state index is 13.3. The van der Waals surface area contributed by atoms with Gasteiger partial charge in [-0.05, 0) is 50.1 Å². The van der Waals surface area contributed by atoms with Crippen molar-refractivity contribution in [3.05, 3.63) is 64.2 Å². The van der Waals surface area contributed by atoms with Gasteiger partial charge in [-0.3, -0.25) is 9.59 Å². The van der Waals surface area contributed by atoms with Gasteiger partial charge < -0.3 is 15.4 Å². The second-order valence-corrected chi connectivity index (χ2v) is 8.15. The first-order valence-corrected chi connectivity index (χ1v) is 10.4. The van der Waals surface area contributed by atoms with Crippen LogP contribution in [0.5, 0.6) is 5.75 Å². The van der Waals surface area contributed by atoms with Gasteiger partial charge in [0, 0.05) is 12.1 Å². The van der Waals surface area contributed by atoms with Crippen LogP contribution in [-0.4, -0.2) is 30.5 Å². The van der Waals surface area contributed by atoms with Crippen LogP contribution in [0.4, 0.5) is 5.69 Å². The summed E-state index contributed by atoms with van der Waals surface area (Å²) in [6.07, 6.45) is 0.361. The summed E-state index contributed by atoms with van der Waals surface area (Å²) in [6.45, 7) is 7.63. The summed E-state index contributed by atoms with van der Waals surface area (Å²) in [5.41, 5.74) is 3.09. The predicted molar refractivity (Wildman–Crippen MR) is 122 cm³/mol. The highest BCUT2D eigenvalue weighted by Crippen LogP contribution is 2.33. The monoisotopic (exact) mass is 434 g/mol. The predicted octanol–water partition coefficient (Wildman–Crippen LogP) is 4.37. The number of benzene rings is 2. The molecule has 7 nitrogen and oxygen atoms in total. The molecular formula is C23H22N4O3S. The van der Waals surface area contributed by atoms with E-state index in [0.29, 0.717) is 40.1 Å². The van der Waals surface area contributed by atoms with Gasteiger partial charge in [0.1, 0.15) is 11.3 Å². The number of amides is 2.